The number of ether oxygens (including phenoxy) is 1. The number of benzene rings is 2. The molecule has 0 fully saturated rings. The van der Waals surface area contributed by atoms with Gasteiger partial charge in [0.25, 0.3) is 0 Å². The van der Waals surface area contributed by atoms with Gasteiger partial charge in [0.1, 0.15) is 11.6 Å². The van der Waals surface area contributed by atoms with Gasteiger partial charge in [-0.1, -0.05) is 34.1 Å². The van der Waals surface area contributed by atoms with Crippen molar-refractivity contribution < 1.29 is 9.13 Å². The summed E-state index contributed by atoms with van der Waals surface area (Å²) in [6, 6.07) is 14.0. The van der Waals surface area contributed by atoms with Gasteiger partial charge in [-0.15, -0.1) is 11.6 Å². The van der Waals surface area contributed by atoms with Crippen LogP contribution >= 0.6 is 27.5 Å². The molecule has 2 aromatic carbocycles. The van der Waals surface area contributed by atoms with E-state index in [-0.39, 0.29) is 11.7 Å². The van der Waals surface area contributed by atoms with Crippen LogP contribution < -0.4 is 4.74 Å². The fourth-order valence-corrected chi connectivity index (χ4v) is 2.65. The number of halogens is 3. The van der Waals surface area contributed by atoms with Crippen molar-refractivity contribution in [2.45, 2.75) is 5.88 Å². The van der Waals surface area contributed by atoms with Crippen LogP contribution in [-0.2, 0) is 5.88 Å². The van der Waals surface area contributed by atoms with E-state index in [0.29, 0.717) is 21.8 Å². The van der Waals surface area contributed by atoms with Gasteiger partial charge in [-0.25, -0.2) is 9.37 Å². The van der Waals surface area contributed by atoms with Crippen LogP contribution in [0.25, 0.3) is 10.8 Å². The molecule has 0 bridgehead atoms. The van der Waals surface area contributed by atoms with Crippen LogP contribution in [0.1, 0.15) is 5.69 Å². The fraction of sp³-hybridized carbons (Fsp3) is 0.0625. The highest BCUT2D eigenvalue weighted by Gasteiger charge is 2.09. The van der Waals surface area contributed by atoms with E-state index in [2.05, 4.69) is 20.9 Å². The van der Waals surface area contributed by atoms with Crippen LogP contribution in [0.4, 0.5) is 4.39 Å². The maximum Gasteiger partial charge on any atom is 0.227 e. The summed E-state index contributed by atoms with van der Waals surface area (Å²) >= 11 is 9.11. The minimum absolute atomic E-state index is 0.286. The summed E-state index contributed by atoms with van der Waals surface area (Å²) in [5, 5.41) is 1.83. The first-order valence-electron chi connectivity index (χ1n) is 6.24. The quantitative estimate of drug-likeness (QED) is 0.557. The zero-order valence-electron chi connectivity index (χ0n) is 10.8. The lowest BCUT2D eigenvalue weighted by Gasteiger charge is -2.10. The number of alkyl halides is 1. The minimum Gasteiger partial charge on any atom is -0.438 e. The fourth-order valence-electron chi connectivity index (χ4n) is 2.07. The van der Waals surface area contributed by atoms with E-state index in [0.717, 1.165) is 10.8 Å². The summed E-state index contributed by atoms with van der Waals surface area (Å²) in [6.45, 7) is 0. The van der Waals surface area contributed by atoms with Crippen LogP contribution in [0.3, 0.4) is 0 Å². The Kier molecular flexibility index (Phi) is 4.08. The predicted octanol–water partition coefficient (Wildman–Crippen LogP) is 5.67. The van der Waals surface area contributed by atoms with E-state index in [1.165, 1.54) is 12.1 Å². The molecule has 1 aromatic heterocycles. The maximum absolute atomic E-state index is 13.4. The Hall–Kier alpha value is -1.65. The molecule has 0 aliphatic rings. The van der Waals surface area contributed by atoms with Crippen molar-refractivity contribution in [2.24, 2.45) is 0 Å². The van der Waals surface area contributed by atoms with Gasteiger partial charge in [-0.3, -0.25) is 0 Å². The monoisotopic (exact) mass is 365 g/mol. The lowest BCUT2D eigenvalue weighted by Crippen LogP contribution is -1.94. The second-order valence-corrected chi connectivity index (χ2v) is 5.66. The third-order valence-corrected chi connectivity index (χ3v) is 3.68. The lowest BCUT2D eigenvalue weighted by atomic mass is 10.1. The molecule has 3 aromatic rings. The Balaban J connectivity index is 2.10. The Morgan fingerprint density at radius 3 is 2.71 bits per heavy atom. The topological polar surface area (TPSA) is 22.1 Å². The first kappa shape index (κ1) is 14.3. The molecular formula is C16H10BrClFNO. The summed E-state index contributed by atoms with van der Waals surface area (Å²) in [5.41, 5.74) is 0.709. The summed E-state index contributed by atoms with van der Waals surface area (Å²) in [5.74, 6) is 0.707. The van der Waals surface area contributed by atoms with Gasteiger partial charge >= 0.3 is 0 Å². The van der Waals surface area contributed by atoms with Gasteiger partial charge in [0.2, 0.25) is 5.88 Å². The molecule has 0 unspecified atom stereocenters. The molecule has 3 rings (SSSR count). The molecule has 2 nitrogen and oxygen atoms in total. The average Bonchev–Trinajstić information content (AvgIpc) is 2.46. The predicted molar refractivity (Wildman–Crippen MR) is 85.5 cm³/mol. The number of hydrogen-bond acceptors (Lipinski definition) is 2. The van der Waals surface area contributed by atoms with Crippen molar-refractivity contribution in [3.63, 3.8) is 0 Å². The number of aromatic nitrogens is 1. The smallest absolute Gasteiger partial charge is 0.227 e. The van der Waals surface area contributed by atoms with Gasteiger partial charge in [0.05, 0.1) is 11.6 Å². The molecule has 0 saturated heterocycles. The molecule has 0 aliphatic heterocycles. The van der Waals surface area contributed by atoms with Crippen molar-refractivity contribution in [1.82, 2.24) is 4.98 Å². The summed E-state index contributed by atoms with van der Waals surface area (Å²) < 4.78 is 19.8. The van der Waals surface area contributed by atoms with E-state index < -0.39 is 0 Å². The first-order valence-corrected chi connectivity index (χ1v) is 7.57. The number of nitrogens with zero attached hydrogens (tertiary/aromatic N) is 1. The van der Waals surface area contributed by atoms with Crippen molar-refractivity contribution in [2.75, 3.05) is 0 Å². The van der Waals surface area contributed by atoms with Gasteiger partial charge in [0, 0.05) is 15.9 Å². The number of pyridine rings is 1. The maximum atomic E-state index is 13.4. The van der Waals surface area contributed by atoms with Crippen LogP contribution in [0.5, 0.6) is 11.6 Å². The molecule has 0 spiro atoms. The van der Waals surface area contributed by atoms with Gasteiger partial charge in [0.15, 0.2) is 0 Å². The highest BCUT2D eigenvalue weighted by Crippen LogP contribution is 2.31. The Morgan fingerprint density at radius 2 is 1.95 bits per heavy atom. The lowest BCUT2D eigenvalue weighted by molar-refractivity contribution is 0.462. The summed E-state index contributed by atoms with van der Waals surface area (Å²) in [4.78, 5) is 4.38. The molecule has 0 saturated carbocycles. The van der Waals surface area contributed by atoms with Crippen molar-refractivity contribution in [1.29, 1.82) is 0 Å². The highest BCUT2D eigenvalue weighted by molar-refractivity contribution is 9.10. The second-order valence-electron chi connectivity index (χ2n) is 4.48. The molecule has 106 valence electrons. The largest absolute Gasteiger partial charge is 0.438 e. The molecule has 1 heterocycles. The molecule has 0 amide bonds. The van der Waals surface area contributed by atoms with E-state index in [1.54, 1.807) is 6.07 Å². The van der Waals surface area contributed by atoms with Crippen LogP contribution in [-0.4, -0.2) is 4.98 Å². The van der Waals surface area contributed by atoms with E-state index in [9.17, 15) is 4.39 Å². The Bertz CT molecular complexity index is 789. The molecule has 0 N–H and O–H groups in total. The summed E-state index contributed by atoms with van der Waals surface area (Å²) in [7, 11) is 0. The third kappa shape index (κ3) is 3.17. The molecule has 5 heteroatoms. The van der Waals surface area contributed by atoms with Crippen LogP contribution in [0.15, 0.2) is 53.0 Å². The molecule has 0 radical (unpaired) electrons. The zero-order valence-corrected chi connectivity index (χ0v) is 13.2. The van der Waals surface area contributed by atoms with Crippen molar-refractivity contribution in [3.8, 4) is 11.6 Å². The van der Waals surface area contributed by atoms with Gasteiger partial charge < -0.3 is 4.74 Å². The molecular weight excluding hydrogens is 357 g/mol. The molecule has 0 atom stereocenters. The normalized spacial score (nSPS) is 10.8. The van der Waals surface area contributed by atoms with E-state index in [4.69, 9.17) is 16.3 Å². The zero-order chi connectivity index (χ0) is 14.8. The summed E-state index contributed by atoms with van der Waals surface area (Å²) in [6.07, 6.45) is 0. The highest BCUT2D eigenvalue weighted by atomic mass is 79.9. The van der Waals surface area contributed by atoms with Gasteiger partial charge in [-0.2, -0.15) is 0 Å². The SMILES string of the molecule is Fc1cc(Br)cc(Oc2nc(CCl)cc3ccccc23)c1. The Morgan fingerprint density at radius 1 is 1.14 bits per heavy atom. The second kappa shape index (κ2) is 6.00. The van der Waals surface area contributed by atoms with Crippen molar-refractivity contribution in [3.05, 3.63) is 64.5 Å². The van der Waals surface area contributed by atoms with Crippen molar-refractivity contribution >= 4 is 38.3 Å². The standard InChI is InChI=1S/C16H10BrClFNO/c17-11-6-12(19)8-14(7-11)21-16-15-4-2-1-3-10(15)5-13(9-18)20-16/h1-8H,9H2. The average molecular weight is 367 g/mol. The number of hydrogen-bond donors (Lipinski definition) is 0. The Labute approximate surface area is 134 Å². The first-order chi connectivity index (χ1) is 10.2. The molecule has 0 aliphatic carbocycles. The number of rotatable bonds is 3. The van der Waals surface area contributed by atoms with Gasteiger partial charge in [-0.05, 0) is 29.7 Å². The number of fused-ring (bicyclic) bond motifs is 1. The minimum atomic E-state index is -0.378. The van der Waals surface area contributed by atoms with E-state index in [1.807, 2.05) is 30.3 Å². The van der Waals surface area contributed by atoms with E-state index >= 15 is 0 Å². The molecule has 21 heavy (non-hydrogen) atoms. The third-order valence-electron chi connectivity index (χ3n) is 2.95. The van der Waals surface area contributed by atoms with Crippen LogP contribution in [0.2, 0.25) is 0 Å². The van der Waals surface area contributed by atoms with Crippen LogP contribution in [0, 0.1) is 5.82 Å².